The van der Waals surface area contributed by atoms with Crippen LogP contribution in [0.2, 0.25) is 5.04 Å². The van der Waals surface area contributed by atoms with E-state index in [4.69, 9.17) is 9.53 Å². The van der Waals surface area contributed by atoms with E-state index >= 15 is 0 Å². The Hall–Kier alpha value is -1.95. The van der Waals surface area contributed by atoms with Crippen molar-refractivity contribution < 1.29 is 14.3 Å². The SMILES string of the molecule is CC(C)(C)[Si](OCCNCCC(=O)O)(c1ccccc1)c1ccccc1. The van der Waals surface area contributed by atoms with Gasteiger partial charge >= 0.3 is 5.97 Å². The molecule has 0 amide bonds. The van der Waals surface area contributed by atoms with E-state index in [1.807, 2.05) is 12.1 Å². The Bertz CT molecular complexity index is 644. The molecule has 0 spiro atoms. The van der Waals surface area contributed by atoms with Crippen LogP contribution in [0.15, 0.2) is 60.7 Å². The zero-order chi connectivity index (χ0) is 19.0. The lowest BCUT2D eigenvalue weighted by Crippen LogP contribution is -2.67. The topological polar surface area (TPSA) is 58.6 Å². The van der Waals surface area contributed by atoms with Crippen LogP contribution in [0.1, 0.15) is 27.2 Å². The first kappa shape index (κ1) is 20.4. The van der Waals surface area contributed by atoms with Gasteiger partial charge in [-0.05, 0) is 15.4 Å². The molecule has 0 saturated heterocycles. The summed E-state index contributed by atoms with van der Waals surface area (Å²) in [7, 11) is -2.49. The molecule has 2 aromatic carbocycles. The highest BCUT2D eigenvalue weighted by Gasteiger charge is 2.49. The lowest BCUT2D eigenvalue weighted by atomic mass is 10.2. The highest BCUT2D eigenvalue weighted by molar-refractivity contribution is 6.99. The first-order valence-corrected chi connectivity index (χ1v) is 11.0. The molecule has 0 saturated carbocycles. The first-order valence-electron chi connectivity index (χ1n) is 9.05. The van der Waals surface area contributed by atoms with Gasteiger partial charge in [-0.3, -0.25) is 4.79 Å². The van der Waals surface area contributed by atoms with Gasteiger partial charge in [-0.2, -0.15) is 0 Å². The van der Waals surface area contributed by atoms with Crippen molar-refractivity contribution in [3.63, 3.8) is 0 Å². The van der Waals surface area contributed by atoms with E-state index in [0.29, 0.717) is 19.7 Å². The van der Waals surface area contributed by atoms with Crippen molar-refractivity contribution in [3.8, 4) is 0 Å². The van der Waals surface area contributed by atoms with Gasteiger partial charge in [-0.1, -0.05) is 81.4 Å². The van der Waals surface area contributed by atoms with Crippen LogP contribution in [0.5, 0.6) is 0 Å². The molecule has 0 heterocycles. The average Bonchev–Trinajstić information content (AvgIpc) is 2.61. The summed E-state index contributed by atoms with van der Waals surface area (Å²) in [5.41, 5.74) is 0. The zero-order valence-corrected chi connectivity index (χ0v) is 16.9. The molecule has 2 N–H and O–H groups in total. The molecule has 0 aliphatic carbocycles. The first-order chi connectivity index (χ1) is 12.4. The molecular weight excluding hydrogens is 342 g/mol. The van der Waals surface area contributed by atoms with E-state index in [9.17, 15) is 4.79 Å². The van der Waals surface area contributed by atoms with Crippen LogP contribution in [0.25, 0.3) is 0 Å². The summed E-state index contributed by atoms with van der Waals surface area (Å²) in [6.07, 6.45) is 0.124. The maximum absolute atomic E-state index is 10.6. The number of carbonyl (C=O) groups is 1. The Morgan fingerprint density at radius 2 is 1.46 bits per heavy atom. The normalized spacial score (nSPS) is 12.1. The molecule has 0 bridgehead atoms. The minimum atomic E-state index is -2.49. The molecular formula is C21H29NO3Si. The van der Waals surface area contributed by atoms with Gasteiger partial charge in [0.05, 0.1) is 6.42 Å². The zero-order valence-electron chi connectivity index (χ0n) is 15.9. The molecule has 0 aliphatic heterocycles. The lowest BCUT2D eigenvalue weighted by Gasteiger charge is -2.43. The van der Waals surface area contributed by atoms with Crippen molar-refractivity contribution in [2.24, 2.45) is 0 Å². The largest absolute Gasteiger partial charge is 0.481 e. The van der Waals surface area contributed by atoms with Crippen LogP contribution in [0, 0.1) is 0 Å². The minimum Gasteiger partial charge on any atom is -0.481 e. The number of aliphatic carboxylic acids is 1. The van der Waals surface area contributed by atoms with Crippen LogP contribution in [-0.4, -0.2) is 39.1 Å². The number of rotatable bonds is 9. The fourth-order valence-electron chi connectivity index (χ4n) is 3.36. The Labute approximate surface area is 157 Å². The second-order valence-electron chi connectivity index (χ2n) is 7.41. The molecule has 5 heteroatoms. The summed E-state index contributed by atoms with van der Waals surface area (Å²) in [5.74, 6) is -0.787. The second kappa shape index (κ2) is 9.12. The third kappa shape index (κ3) is 4.81. The average molecular weight is 372 g/mol. The molecule has 0 aliphatic rings. The van der Waals surface area contributed by atoms with Crippen molar-refractivity contribution >= 4 is 24.7 Å². The van der Waals surface area contributed by atoms with Crippen molar-refractivity contribution in [1.82, 2.24) is 5.32 Å². The molecule has 4 nitrogen and oxygen atoms in total. The summed E-state index contributed by atoms with van der Waals surface area (Å²) in [4.78, 5) is 10.6. The lowest BCUT2D eigenvalue weighted by molar-refractivity contribution is -0.136. The van der Waals surface area contributed by atoms with Crippen LogP contribution in [0.3, 0.4) is 0 Å². The molecule has 2 aromatic rings. The minimum absolute atomic E-state index is 0.0449. The van der Waals surface area contributed by atoms with Crippen LogP contribution < -0.4 is 15.7 Å². The standard InChI is InChI=1S/C21H29NO3Si/c1-21(2,3)26(18-10-6-4-7-11-18,19-12-8-5-9-13-19)25-17-16-22-15-14-20(23)24/h4-13,22H,14-17H2,1-3H3,(H,23,24). The monoisotopic (exact) mass is 371 g/mol. The Balaban J connectivity index is 2.28. The summed E-state index contributed by atoms with van der Waals surface area (Å²) in [6, 6.07) is 21.0. The quantitative estimate of drug-likeness (QED) is 0.525. The molecule has 140 valence electrons. The van der Waals surface area contributed by atoms with Gasteiger partial charge < -0.3 is 14.8 Å². The summed E-state index contributed by atoms with van der Waals surface area (Å²) in [6.45, 7) is 8.38. The molecule has 0 atom stereocenters. The molecule has 0 aromatic heterocycles. The molecule has 26 heavy (non-hydrogen) atoms. The van der Waals surface area contributed by atoms with Gasteiger partial charge in [0, 0.05) is 19.7 Å². The van der Waals surface area contributed by atoms with Crippen LogP contribution >= 0.6 is 0 Å². The summed E-state index contributed by atoms with van der Waals surface area (Å²) < 4.78 is 6.70. The smallest absolute Gasteiger partial charge is 0.304 e. The number of hydrogen-bond acceptors (Lipinski definition) is 3. The van der Waals surface area contributed by atoms with E-state index in [2.05, 4.69) is 74.6 Å². The van der Waals surface area contributed by atoms with Gasteiger partial charge in [0.25, 0.3) is 8.32 Å². The van der Waals surface area contributed by atoms with Gasteiger partial charge in [0.1, 0.15) is 0 Å². The summed E-state index contributed by atoms with van der Waals surface area (Å²) >= 11 is 0. The second-order valence-corrected chi connectivity index (χ2v) is 11.7. The number of benzene rings is 2. The Morgan fingerprint density at radius 3 is 1.88 bits per heavy atom. The molecule has 0 radical (unpaired) electrons. The van der Waals surface area contributed by atoms with Gasteiger partial charge in [-0.25, -0.2) is 0 Å². The number of carboxylic acid groups (broad SMARTS) is 1. The Morgan fingerprint density at radius 1 is 0.962 bits per heavy atom. The predicted octanol–water partition coefficient (Wildman–Crippen LogP) is 2.63. The third-order valence-corrected chi connectivity index (χ3v) is 9.57. The fraction of sp³-hybridized carbons (Fsp3) is 0.381. The highest BCUT2D eigenvalue weighted by Crippen LogP contribution is 2.36. The van der Waals surface area contributed by atoms with E-state index in [1.165, 1.54) is 10.4 Å². The highest BCUT2D eigenvalue weighted by atomic mass is 28.4. The Kier molecular flexibility index (Phi) is 7.14. The maximum atomic E-state index is 10.6. The molecule has 0 unspecified atom stereocenters. The molecule has 2 rings (SSSR count). The van der Waals surface area contributed by atoms with Crippen molar-refractivity contribution in [2.45, 2.75) is 32.2 Å². The van der Waals surface area contributed by atoms with Crippen LogP contribution in [-0.2, 0) is 9.22 Å². The van der Waals surface area contributed by atoms with Crippen molar-refractivity contribution in [3.05, 3.63) is 60.7 Å². The fourth-order valence-corrected chi connectivity index (χ4v) is 7.92. The van der Waals surface area contributed by atoms with Gasteiger partial charge in [-0.15, -0.1) is 0 Å². The number of carboxylic acids is 1. The van der Waals surface area contributed by atoms with Crippen LogP contribution in [0.4, 0.5) is 0 Å². The van der Waals surface area contributed by atoms with E-state index in [0.717, 1.165) is 0 Å². The van der Waals surface area contributed by atoms with Crippen molar-refractivity contribution in [2.75, 3.05) is 19.7 Å². The number of nitrogens with one attached hydrogen (secondary N) is 1. The molecule has 0 fully saturated rings. The third-order valence-electron chi connectivity index (χ3n) is 4.53. The maximum Gasteiger partial charge on any atom is 0.304 e. The van der Waals surface area contributed by atoms with E-state index in [1.54, 1.807) is 0 Å². The van der Waals surface area contributed by atoms with Crippen molar-refractivity contribution in [1.29, 1.82) is 0 Å². The van der Waals surface area contributed by atoms with Gasteiger partial charge in [0.2, 0.25) is 0 Å². The van der Waals surface area contributed by atoms with E-state index in [-0.39, 0.29) is 11.5 Å². The van der Waals surface area contributed by atoms with E-state index < -0.39 is 14.3 Å². The summed E-state index contributed by atoms with van der Waals surface area (Å²) in [5, 5.41) is 14.4. The van der Waals surface area contributed by atoms with Gasteiger partial charge in [0.15, 0.2) is 0 Å². The number of hydrogen-bond donors (Lipinski definition) is 2. The predicted molar refractivity (Wildman–Crippen MR) is 109 cm³/mol.